The van der Waals surface area contributed by atoms with Gasteiger partial charge in [0.15, 0.2) is 6.10 Å². The van der Waals surface area contributed by atoms with Gasteiger partial charge in [-0.1, -0.05) is 125 Å². The molecule has 0 spiro atoms. The van der Waals surface area contributed by atoms with Gasteiger partial charge in [0.05, 0.1) is 6.61 Å². The monoisotopic (exact) mass is 638 g/mol. The van der Waals surface area contributed by atoms with E-state index in [0.29, 0.717) is 12.8 Å². The lowest BCUT2D eigenvalue weighted by atomic mass is 10.1. The molecule has 5 nitrogen and oxygen atoms in total. The number of aliphatic hydroxyl groups excluding tert-OH is 1. The van der Waals surface area contributed by atoms with Gasteiger partial charge in [0, 0.05) is 12.8 Å². The van der Waals surface area contributed by atoms with E-state index in [1.807, 2.05) is 0 Å². The van der Waals surface area contributed by atoms with Gasteiger partial charge in [-0.15, -0.1) is 0 Å². The molecule has 1 unspecified atom stereocenters. The lowest BCUT2D eigenvalue weighted by molar-refractivity contribution is -0.161. The molecule has 1 N–H and O–H groups in total. The van der Waals surface area contributed by atoms with Gasteiger partial charge in [-0.2, -0.15) is 0 Å². The summed E-state index contributed by atoms with van der Waals surface area (Å²) in [5, 5.41) is 9.52. The van der Waals surface area contributed by atoms with Crippen molar-refractivity contribution < 1.29 is 24.2 Å². The van der Waals surface area contributed by atoms with Crippen molar-refractivity contribution in [3.63, 3.8) is 0 Å². The van der Waals surface area contributed by atoms with Crippen LogP contribution in [0, 0.1) is 0 Å². The van der Waals surface area contributed by atoms with E-state index in [-0.39, 0.29) is 31.6 Å². The summed E-state index contributed by atoms with van der Waals surface area (Å²) in [4.78, 5) is 24.1. The van der Waals surface area contributed by atoms with Gasteiger partial charge < -0.3 is 14.6 Å². The molecule has 46 heavy (non-hydrogen) atoms. The third kappa shape index (κ3) is 34.0. The van der Waals surface area contributed by atoms with Crippen LogP contribution < -0.4 is 0 Å². The fourth-order valence-electron chi connectivity index (χ4n) is 4.37. The molecule has 0 aliphatic carbocycles. The molecule has 0 heterocycles. The standard InChI is InChI=1S/C41H66O5/c1-3-5-7-9-11-13-15-17-19-20-22-23-25-27-29-31-33-35-40(43)45-38-39(37-42)46-41(44)36-34-32-30-28-26-24-21-18-16-14-12-10-8-6-4-2/h11-14,17-19,21-23,26-29,39,42H,3-10,15-16,20,24-25,30-38H2,1-2H3. The van der Waals surface area contributed by atoms with Crippen molar-refractivity contribution >= 4 is 11.9 Å². The first kappa shape index (κ1) is 43.1. The van der Waals surface area contributed by atoms with Crippen molar-refractivity contribution in [1.82, 2.24) is 0 Å². The Morgan fingerprint density at radius 2 is 0.870 bits per heavy atom. The molecule has 0 aromatic rings. The normalized spacial score (nSPS) is 13.2. The van der Waals surface area contributed by atoms with Gasteiger partial charge >= 0.3 is 11.9 Å². The highest BCUT2D eigenvalue weighted by molar-refractivity contribution is 5.70. The zero-order chi connectivity index (χ0) is 33.6. The number of hydrogen-bond acceptors (Lipinski definition) is 5. The predicted molar refractivity (Wildman–Crippen MR) is 196 cm³/mol. The summed E-state index contributed by atoms with van der Waals surface area (Å²) >= 11 is 0. The molecule has 260 valence electrons. The van der Waals surface area contributed by atoms with E-state index in [9.17, 15) is 14.7 Å². The van der Waals surface area contributed by atoms with Crippen LogP contribution in [0.5, 0.6) is 0 Å². The van der Waals surface area contributed by atoms with Crippen LogP contribution in [0.4, 0.5) is 0 Å². The summed E-state index contributed by atoms with van der Waals surface area (Å²) in [6.07, 6.45) is 49.2. The summed E-state index contributed by atoms with van der Waals surface area (Å²) in [7, 11) is 0. The van der Waals surface area contributed by atoms with Crippen LogP contribution in [0.15, 0.2) is 85.1 Å². The second kappa shape index (κ2) is 36.5. The first-order valence-corrected chi connectivity index (χ1v) is 18.1. The Hall–Kier alpha value is -2.92. The quantitative estimate of drug-likeness (QED) is 0.0465. The van der Waals surface area contributed by atoms with Crippen LogP contribution in [0.2, 0.25) is 0 Å². The van der Waals surface area contributed by atoms with Crippen molar-refractivity contribution in [2.75, 3.05) is 13.2 Å². The van der Waals surface area contributed by atoms with Crippen LogP contribution in [-0.2, 0) is 19.1 Å². The lowest BCUT2D eigenvalue weighted by Crippen LogP contribution is -2.28. The van der Waals surface area contributed by atoms with E-state index >= 15 is 0 Å². The molecule has 0 fully saturated rings. The van der Waals surface area contributed by atoms with Gasteiger partial charge in [0.25, 0.3) is 0 Å². The molecule has 0 aliphatic rings. The Labute approximate surface area is 282 Å². The third-order valence-corrected chi connectivity index (χ3v) is 7.16. The molecule has 0 saturated carbocycles. The largest absolute Gasteiger partial charge is 0.462 e. The molecule has 0 radical (unpaired) electrons. The first-order chi connectivity index (χ1) is 22.6. The number of hydrogen-bond donors (Lipinski definition) is 1. The SMILES string of the molecule is CCCCCC=CCC=CCC=CCC=CCCCC(=O)OCC(CO)OC(=O)CCCCC=CCC=CCC=CCCCCC. The topological polar surface area (TPSA) is 72.8 Å². The molecular weight excluding hydrogens is 572 g/mol. The zero-order valence-electron chi connectivity index (χ0n) is 29.3. The second-order valence-electron chi connectivity index (χ2n) is 11.6. The fraction of sp³-hybridized carbons (Fsp3) is 0.610. The first-order valence-electron chi connectivity index (χ1n) is 18.1. The number of allylic oxidation sites excluding steroid dienone is 14. The Kier molecular flexibility index (Phi) is 34.2. The fourth-order valence-corrected chi connectivity index (χ4v) is 4.37. The maximum atomic E-state index is 12.1. The molecule has 0 saturated heterocycles. The average molecular weight is 639 g/mol. The van der Waals surface area contributed by atoms with E-state index < -0.39 is 6.10 Å². The van der Waals surface area contributed by atoms with Crippen LogP contribution in [0.25, 0.3) is 0 Å². The van der Waals surface area contributed by atoms with Crippen LogP contribution in [0.1, 0.15) is 142 Å². The van der Waals surface area contributed by atoms with E-state index in [4.69, 9.17) is 9.47 Å². The van der Waals surface area contributed by atoms with Crippen LogP contribution in [-0.4, -0.2) is 36.4 Å². The van der Waals surface area contributed by atoms with Gasteiger partial charge in [0.2, 0.25) is 0 Å². The summed E-state index contributed by atoms with van der Waals surface area (Å²) < 4.78 is 10.5. The summed E-state index contributed by atoms with van der Waals surface area (Å²) in [6.45, 7) is 3.97. The highest BCUT2D eigenvalue weighted by atomic mass is 16.6. The van der Waals surface area contributed by atoms with Crippen molar-refractivity contribution in [2.45, 2.75) is 148 Å². The van der Waals surface area contributed by atoms with E-state index in [1.54, 1.807) is 0 Å². The lowest BCUT2D eigenvalue weighted by Gasteiger charge is -2.15. The minimum atomic E-state index is -0.817. The number of unbranched alkanes of at least 4 members (excludes halogenated alkanes) is 9. The molecule has 0 bridgehead atoms. The highest BCUT2D eigenvalue weighted by Gasteiger charge is 2.15. The van der Waals surface area contributed by atoms with Crippen LogP contribution in [0.3, 0.4) is 0 Å². The third-order valence-electron chi connectivity index (χ3n) is 7.16. The summed E-state index contributed by atoms with van der Waals surface area (Å²) in [6, 6.07) is 0. The van der Waals surface area contributed by atoms with Gasteiger partial charge in [-0.05, 0) is 89.9 Å². The molecule has 0 aromatic carbocycles. The number of aliphatic hydroxyl groups is 1. The Bertz CT molecular complexity index is 906. The van der Waals surface area contributed by atoms with Crippen molar-refractivity contribution in [2.24, 2.45) is 0 Å². The molecular formula is C41H66O5. The molecule has 5 heteroatoms. The van der Waals surface area contributed by atoms with Gasteiger partial charge in [-0.25, -0.2) is 0 Å². The number of rotatable bonds is 31. The minimum Gasteiger partial charge on any atom is -0.462 e. The number of ether oxygens (including phenoxy) is 2. The van der Waals surface area contributed by atoms with Gasteiger partial charge in [-0.3, -0.25) is 9.59 Å². The second-order valence-corrected chi connectivity index (χ2v) is 11.6. The number of esters is 2. The predicted octanol–water partition coefficient (Wildman–Crippen LogP) is 11.2. The number of carbonyl (C=O) groups is 2. The molecule has 0 rings (SSSR count). The van der Waals surface area contributed by atoms with E-state index in [0.717, 1.165) is 57.8 Å². The molecule has 0 aliphatic heterocycles. The maximum absolute atomic E-state index is 12.1. The van der Waals surface area contributed by atoms with Crippen molar-refractivity contribution in [3.05, 3.63) is 85.1 Å². The smallest absolute Gasteiger partial charge is 0.306 e. The molecule has 0 amide bonds. The Morgan fingerprint density at radius 1 is 0.500 bits per heavy atom. The average Bonchev–Trinajstić information content (AvgIpc) is 3.06. The van der Waals surface area contributed by atoms with E-state index in [1.165, 1.54) is 51.4 Å². The number of carbonyl (C=O) groups excluding carboxylic acids is 2. The molecule has 1 atom stereocenters. The van der Waals surface area contributed by atoms with Crippen molar-refractivity contribution in [1.29, 1.82) is 0 Å². The maximum Gasteiger partial charge on any atom is 0.306 e. The van der Waals surface area contributed by atoms with Gasteiger partial charge in [0.1, 0.15) is 6.61 Å². The van der Waals surface area contributed by atoms with E-state index in [2.05, 4.69) is 98.9 Å². The minimum absolute atomic E-state index is 0.115. The van der Waals surface area contributed by atoms with Crippen LogP contribution >= 0.6 is 0 Å². The Balaban J connectivity index is 3.78. The zero-order valence-corrected chi connectivity index (χ0v) is 29.3. The summed E-state index contributed by atoms with van der Waals surface area (Å²) in [5.74, 6) is -0.712. The highest BCUT2D eigenvalue weighted by Crippen LogP contribution is 2.07. The summed E-state index contributed by atoms with van der Waals surface area (Å²) in [5.41, 5.74) is 0. The van der Waals surface area contributed by atoms with Crippen molar-refractivity contribution in [3.8, 4) is 0 Å². The molecule has 0 aromatic heterocycles. The Morgan fingerprint density at radius 3 is 1.28 bits per heavy atom.